The van der Waals surface area contributed by atoms with Crippen molar-refractivity contribution in [2.75, 3.05) is 26.2 Å². The summed E-state index contributed by atoms with van der Waals surface area (Å²) in [4.78, 5) is 11.7. The Bertz CT molecular complexity index is 499. The van der Waals surface area contributed by atoms with Gasteiger partial charge in [0.05, 0.1) is 16.6 Å². The van der Waals surface area contributed by atoms with E-state index < -0.39 is 0 Å². The Morgan fingerprint density at radius 2 is 2.00 bits per heavy atom. The highest BCUT2D eigenvalue weighted by Gasteiger charge is 2.15. The van der Waals surface area contributed by atoms with Crippen molar-refractivity contribution in [2.45, 2.75) is 19.3 Å². The maximum atomic E-state index is 11.7. The van der Waals surface area contributed by atoms with Gasteiger partial charge in [0, 0.05) is 11.4 Å². The third-order valence-corrected chi connectivity index (χ3v) is 4.36. The zero-order chi connectivity index (χ0) is 15.9. The summed E-state index contributed by atoms with van der Waals surface area (Å²) in [5.74, 6) is 1.05. The third-order valence-electron chi connectivity index (χ3n) is 3.58. The van der Waals surface area contributed by atoms with E-state index in [2.05, 4.69) is 10.6 Å². The summed E-state index contributed by atoms with van der Waals surface area (Å²) in [7, 11) is 0. The minimum atomic E-state index is 0. The van der Waals surface area contributed by atoms with Gasteiger partial charge in [0.1, 0.15) is 6.61 Å². The Morgan fingerprint density at radius 3 is 2.61 bits per heavy atom. The Hall–Kier alpha value is -0.390. The van der Waals surface area contributed by atoms with Crippen LogP contribution < -0.4 is 15.4 Å². The van der Waals surface area contributed by atoms with Gasteiger partial charge >= 0.3 is 0 Å². The van der Waals surface area contributed by atoms with Gasteiger partial charge in [-0.1, -0.05) is 34.8 Å². The van der Waals surface area contributed by atoms with Crippen LogP contribution in [-0.2, 0) is 4.79 Å². The molecule has 2 N–H and O–H groups in total. The first-order valence-corrected chi connectivity index (χ1v) is 8.44. The molecule has 0 bridgehead atoms. The number of nitrogens with one attached hydrogen (secondary N) is 2. The van der Waals surface area contributed by atoms with Crippen LogP contribution in [-0.4, -0.2) is 32.1 Å². The van der Waals surface area contributed by atoms with Crippen LogP contribution >= 0.6 is 47.2 Å². The Labute approximate surface area is 157 Å². The zero-order valence-corrected chi connectivity index (χ0v) is 15.6. The molecule has 0 aliphatic carbocycles. The molecule has 1 aliphatic heterocycles. The molecule has 1 aromatic rings. The Kier molecular flexibility index (Phi) is 9.40. The fraction of sp³-hybridized carbons (Fsp3) is 0.533. The summed E-state index contributed by atoms with van der Waals surface area (Å²) in [6.45, 7) is 2.79. The molecule has 1 aliphatic rings. The highest BCUT2D eigenvalue weighted by molar-refractivity contribution is 6.40. The van der Waals surface area contributed by atoms with Crippen LogP contribution in [0.2, 0.25) is 15.1 Å². The van der Waals surface area contributed by atoms with E-state index in [1.807, 2.05) is 0 Å². The molecule has 0 saturated carbocycles. The van der Waals surface area contributed by atoms with Gasteiger partial charge in [-0.05, 0) is 44.0 Å². The average molecular weight is 402 g/mol. The average Bonchev–Trinajstić information content (AvgIpc) is 2.96. The second kappa shape index (κ2) is 10.5. The predicted octanol–water partition coefficient (Wildman–Crippen LogP) is 3.95. The lowest BCUT2D eigenvalue weighted by Crippen LogP contribution is -2.28. The Morgan fingerprint density at radius 1 is 1.30 bits per heavy atom. The standard InChI is InChI=1S/C15H19Cl3N2O2.ClH/c16-11-7-12(17)15(13(18)8-11)22-6-5-20-14(21)2-1-10-3-4-19-9-10;/h7-8,10,19H,1-6,9H2,(H,20,21);1H. The maximum Gasteiger partial charge on any atom is 0.220 e. The number of rotatable bonds is 7. The molecule has 0 spiro atoms. The quantitative estimate of drug-likeness (QED) is 0.680. The van der Waals surface area contributed by atoms with Crippen molar-refractivity contribution in [3.05, 3.63) is 27.2 Å². The van der Waals surface area contributed by atoms with E-state index in [1.165, 1.54) is 0 Å². The molecule has 0 aromatic heterocycles. The number of hydrogen-bond donors (Lipinski definition) is 2. The Balaban J connectivity index is 0.00000264. The van der Waals surface area contributed by atoms with E-state index in [-0.39, 0.29) is 18.3 Å². The number of amides is 1. The van der Waals surface area contributed by atoms with Crippen molar-refractivity contribution in [3.63, 3.8) is 0 Å². The van der Waals surface area contributed by atoms with Gasteiger partial charge in [-0.2, -0.15) is 0 Å². The summed E-state index contributed by atoms with van der Waals surface area (Å²) < 4.78 is 5.50. The molecule has 1 amide bonds. The first-order chi connectivity index (χ1) is 10.6. The van der Waals surface area contributed by atoms with E-state index >= 15 is 0 Å². The van der Waals surface area contributed by atoms with Gasteiger partial charge < -0.3 is 15.4 Å². The van der Waals surface area contributed by atoms with Crippen molar-refractivity contribution in [2.24, 2.45) is 5.92 Å². The lowest BCUT2D eigenvalue weighted by molar-refractivity contribution is -0.121. The lowest BCUT2D eigenvalue weighted by Gasteiger charge is -2.11. The summed E-state index contributed by atoms with van der Waals surface area (Å²) in [6.07, 6.45) is 2.63. The normalized spacial score (nSPS) is 16.7. The molecule has 4 nitrogen and oxygen atoms in total. The van der Waals surface area contributed by atoms with E-state index in [9.17, 15) is 4.79 Å². The highest BCUT2D eigenvalue weighted by Crippen LogP contribution is 2.35. The molecule has 2 rings (SSSR count). The monoisotopic (exact) mass is 400 g/mol. The molecule has 130 valence electrons. The fourth-order valence-corrected chi connectivity index (χ4v) is 3.32. The van der Waals surface area contributed by atoms with Crippen LogP contribution in [0, 0.1) is 5.92 Å². The van der Waals surface area contributed by atoms with E-state index in [1.54, 1.807) is 12.1 Å². The highest BCUT2D eigenvalue weighted by atomic mass is 35.5. The lowest BCUT2D eigenvalue weighted by atomic mass is 10.0. The van der Waals surface area contributed by atoms with Gasteiger partial charge in [0.2, 0.25) is 5.91 Å². The summed E-state index contributed by atoms with van der Waals surface area (Å²) in [5, 5.41) is 7.30. The molecule has 1 saturated heterocycles. The van der Waals surface area contributed by atoms with Crippen LogP contribution in [0.4, 0.5) is 0 Å². The third kappa shape index (κ3) is 6.94. The van der Waals surface area contributed by atoms with Gasteiger partial charge in [-0.3, -0.25) is 4.79 Å². The molecule has 0 radical (unpaired) electrons. The number of ether oxygens (including phenoxy) is 1. The number of benzene rings is 1. The smallest absolute Gasteiger partial charge is 0.220 e. The molecular weight excluding hydrogens is 382 g/mol. The van der Waals surface area contributed by atoms with E-state index in [0.717, 1.165) is 25.9 Å². The number of carbonyl (C=O) groups excluding carboxylic acids is 1. The van der Waals surface area contributed by atoms with Crippen LogP contribution in [0.15, 0.2) is 12.1 Å². The van der Waals surface area contributed by atoms with E-state index in [0.29, 0.717) is 46.3 Å². The minimum absolute atomic E-state index is 0. The minimum Gasteiger partial charge on any atom is -0.489 e. The molecule has 1 fully saturated rings. The van der Waals surface area contributed by atoms with Crippen molar-refractivity contribution in [1.29, 1.82) is 0 Å². The number of carbonyl (C=O) groups is 1. The van der Waals surface area contributed by atoms with Gasteiger partial charge in [-0.15, -0.1) is 12.4 Å². The second-order valence-corrected chi connectivity index (χ2v) is 6.55. The first-order valence-electron chi connectivity index (χ1n) is 7.31. The molecule has 1 aromatic carbocycles. The predicted molar refractivity (Wildman–Crippen MR) is 97.4 cm³/mol. The number of hydrogen-bond acceptors (Lipinski definition) is 3. The molecular formula is C15H20Cl4N2O2. The van der Waals surface area contributed by atoms with Gasteiger partial charge in [0.15, 0.2) is 5.75 Å². The molecule has 23 heavy (non-hydrogen) atoms. The molecule has 1 unspecified atom stereocenters. The molecule has 8 heteroatoms. The van der Waals surface area contributed by atoms with Crippen LogP contribution in [0.3, 0.4) is 0 Å². The molecule has 1 atom stereocenters. The van der Waals surface area contributed by atoms with Gasteiger partial charge in [-0.25, -0.2) is 0 Å². The van der Waals surface area contributed by atoms with Crippen molar-refractivity contribution in [3.8, 4) is 5.75 Å². The maximum absolute atomic E-state index is 11.7. The molecule has 1 heterocycles. The zero-order valence-electron chi connectivity index (χ0n) is 12.5. The van der Waals surface area contributed by atoms with Crippen LogP contribution in [0.25, 0.3) is 0 Å². The van der Waals surface area contributed by atoms with Crippen molar-refractivity contribution < 1.29 is 9.53 Å². The summed E-state index contributed by atoms with van der Waals surface area (Å²) in [5.41, 5.74) is 0. The second-order valence-electron chi connectivity index (χ2n) is 5.29. The first kappa shape index (κ1) is 20.7. The summed E-state index contributed by atoms with van der Waals surface area (Å²) >= 11 is 17.9. The summed E-state index contributed by atoms with van der Waals surface area (Å²) in [6, 6.07) is 3.14. The van der Waals surface area contributed by atoms with Crippen LogP contribution in [0.5, 0.6) is 5.75 Å². The SMILES string of the molecule is Cl.O=C(CCC1CCNC1)NCCOc1c(Cl)cc(Cl)cc1Cl. The topological polar surface area (TPSA) is 50.4 Å². The van der Waals surface area contributed by atoms with Gasteiger partial charge in [0.25, 0.3) is 0 Å². The van der Waals surface area contributed by atoms with Crippen molar-refractivity contribution >= 4 is 53.1 Å². The van der Waals surface area contributed by atoms with Crippen LogP contribution in [0.1, 0.15) is 19.3 Å². The fourth-order valence-electron chi connectivity index (χ4n) is 2.39. The van der Waals surface area contributed by atoms with Crippen molar-refractivity contribution in [1.82, 2.24) is 10.6 Å². The van der Waals surface area contributed by atoms with E-state index in [4.69, 9.17) is 39.5 Å². The number of halogens is 4. The largest absolute Gasteiger partial charge is 0.489 e.